The van der Waals surface area contributed by atoms with E-state index in [1.165, 1.54) is 0 Å². The van der Waals surface area contributed by atoms with E-state index in [1.807, 2.05) is 0 Å². The normalized spacial score (nSPS) is 12.0. The molecular weight excluding hydrogens is 540 g/mol. The highest BCUT2D eigenvalue weighted by atomic mass is 35.5. The van der Waals surface area contributed by atoms with Crippen molar-refractivity contribution < 1.29 is 51.8 Å². The van der Waals surface area contributed by atoms with Crippen molar-refractivity contribution in [1.29, 1.82) is 0 Å². The maximum absolute atomic E-state index is 5.71. The third-order valence-electron chi connectivity index (χ3n) is 4.33. The molecule has 0 aliphatic carbocycles. The van der Waals surface area contributed by atoms with Gasteiger partial charge in [-0.3, -0.25) is 0 Å². The van der Waals surface area contributed by atoms with Crippen LogP contribution in [0.25, 0.3) is 0 Å². The van der Waals surface area contributed by atoms with Crippen molar-refractivity contribution in [3.63, 3.8) is 0 Å². The second-order valence-electron chi connectivity index (χ2n) is 8.77. The maximum atomic E-state index is 5.71. The molecule has 0 N–H and O–H groups in total. The summed E-state index contributed by atoms with van der Waals surface area (Å²) in [5.74, 6) is 0.500. The van der Waals surface area contributed by atoms with Crippen molar-refractivity contribution in [3.8, 4) is 0 Å². The Morgan fingerprint density at radius 3 is 0.684 bits per heavy atom. The summed E-state index contributed by atoms with van der Waals surface area (Å²) < 4.78 is 59.9. The molecule has 0 aliphatic heterocycles. The van der Waals surface area contributed by atoms with Gasteiger partial charge in [0.1, 0.15) is 0 Å². The number of halogens is 1. The molecule has 0 aromatic rings. The van der Waals surface area contributed by atoms with Crippen molar-refractivity contribution in [2.75, 3.05) is 145 Å². The van der Waals surface area contributed by atoms with Crippen LogP contribution in [0.3, 0.4) is 0 Å². The number of rotatable bonds is 33. The molecule has 0 atom stereocenters. The fourth-order valence-electron chi connectivity index (χ4n) is 2.54. The molecule has 0 unspecified atom stereocenters. The number of alkyl halides is 1. The molecule has 0 rings (SSSR count). The second-order valence-corrected chi connectivity index (χ2v) is 13.7. The van der Waals surface area contributed by atoms with Gasteiger partial charge in [0, 0.05) is 5.88 Å². The molecule has 11 nitrogen and oxygen atoms in total. The lowest BCUT2D eigenvalue weighted by Crippen LogP contribution is -2.27. The predicted molar refractivity (Wildman–Crippen MR) is 148 cm³/mol. The molecular formula is C25H53ClO11Si. The first kappa shape index (κ1) is 38.1. The summed E-state index contributed by atoms with van der Waals surface area (Å²) >= 11 is 5.50. The monoisotopic (exact) mass is 592 g/mol. The van der Waals surface area contributed by atoms with E-state index in [9.17, 15) is 0 Å². The highest BCUT2D eigenvalue weighted by Crippen LogP contribution is 2.01. The van der Waals surface area contributed by atoms with Crippen molar-refractivity contribution in [2.45, 2.75) is 19.6 Å². The standard InChI is InChI=1S/C25H53ClO11Si/c1-38(2,3)37-25-24-36-23-22-35-21-20-34-19-18-33-17-16-32-15-14-31-13-12-30-11-10-29-9-8-28-7-6-27-5-4-26/h4-25H2,1-3H3. The van der Waals surface area contributed by atoms with E-state index in [2.05, 4.69) is 19.6 Å². The molecule has 38 heavy (non-hydrogen) atoms. The minimum Gasteiger partial charge on any atom is -0.415 e. The van der Waals surface area contributed by atoms with Crippen LogP contribution in [-0.2, 0) is 51.8 Å². The maximum Gasteiger partial charge on any atom is 0.183 e. The average molecular weight is 593 g/mol. The lowest BCUT2D eigenvalue weighted by atomic mass is 10.6. The molecule has 0 aromatic carbocycles. The van der Waals surface area contributed by atoms with Crippen LogP contribution < -0.4 is 0 Å². The second kappa shape index (κ2) is 31.6. The van der Waals surface area contributed by atoms with Gasteiger partial charge in [-0.15, -0.1) is 11.6 Å². The van der Waals surface area contributed by atoms with Crippen molar-refractivity contribution in [2.24, 2.45) is 0 Å². The van der Waals surface area contributed by atoms with Crippen molar-refractivity contribution in [1.82, 2.24) is 0 Å². The molecule has 0 aromatic heterocycles. The molecule has 0 saturated carbocycles. The largest absolute Gasteiger partial charge is 0.415 e. The number of ether oxygens (including phenoxy) is 10. The summed E-state index contributed by atoms with van der Waals surface area (Å²) in [6.07, 6.45) is 0. The summed E-state index contributed by atoms with van der Waals surface area (Å²) in [5, 5.41) is 0. The summed E-state index contributed by atoms with van der Waals surface area (Å²) in [4.78, 5) is 0. The van der Waals surface area contributed by atoms with E-state index in [4.69, 9.17) is 63.4 Å². The van der Waals surface area contributed by atoms with E-state index in [1.54, 1.807) is 0 Å². The zero-order valence-corrected chi connectivity index (χ0v) is 25.7. The summed E-state index contributed by atoms with van der Waals surface area (Å²) in [7, 11) is -1.44. The first-order chi connectivity index (χ1) is 18.6. The lowest BCUT2D eigenvalue weighted by molar-refractivity contribution is -0.0265. The van der Waals surface area contributed by atoms with Crippen LogP contribution in [0.2, 0.25) is 19.6 Å². The molecule has 230 valence electrons. The Balaban J connectivity index is 3.04. The van der Waals surface area contributed by atoms with Gasteiger partial charge in [-0.05, 0) is 19.6 Å². The topological polar surface area (TPSA) is 102 Å². The van der Waals surface area contributed by atoms with Crippen LogP contribution in [-0.4, -0.2) is 153 Å². The Bertz CT molecular complexity index is 448. The average Bonchev–Trinajstić information content (AvgIpc) is 2.88. The van der Waals surface area contributed by atoms with Gasteiger partial charge in [0.05, 0.1) is 139 Å². The van der Waals surface area contributed by atoms with Gasteiger partial charge in [-0.1, -0.05) is 0 Å². The molecule has 0 aliphatic rings. The molecule has 0 fully saturated rings. The first-order valence-electron chi connectivity index (χ1n) is 13.5. The van der Waals surface area contributed by atoms with Crippen molar-refractivity contribution in [3.05, 3.63) is 0 Å². The van der Waals surface area contributed by atoms with E-state index in [0.717, 1.165) is 0 Å². The molecule has 13 heteroatoms. The quantitative estimate of drug-likeness (QED) is 0.0637. The van der Waals surface area contributed by atoms with Gasteiger partial charge >= 0.3 is 0 Å². The molecule has 0 bridgehead atoms. The Morgan fingerprint density at radius 2 is 0.500 bits per heavy atom. The highest BCUT2D eigenvalue weighted by molar-refractivity contribution is 6.69. The van der Waals surface area contributed by atoms with Crippen LogP contribution in [0.1, 0.15) is 0 Å². The van der Waals surface area contributed by atoms with Crippen LogP contribution in [0.5, 0.6) is 0 Å². The molecule has 0 amide bonds. The Kier molecular flexibility index (Phi) is 31.6. The fraction of sp³-hybridized carbons (Fsp3) is 1.00. The summed E-state index contributed by atoms with van der Waals surface area (Å²) in [5.41, 5.74) is 0. The molecule has 0 spiro atoms. The van der Waals surface area contributed by atoms with E-state index in [0.29, 0.717) is 145 Å². The van der Waals surface area contributed by atoms with Crippen LogP contribution in [0, 0.1) is 0 Å². The SMILES string of the molecule is C[Si](C)(C)OCCOCCOCCOCCOCCOCCOCCOCCOCCOCCOCCCl. The van der Waals surface area contributed by atoms with Gasteiger partial charge in [-0.2, -0.15) is 0 Å². The number of hydrogen-bond acceptors (Lipinski definition) is 11. The zero-order chi connectivity index (χ0) is 27.8. The van der Waals surface area contributed by atoms with E-state index >= 15 is 0 Å². The van der Waals surface area contributed by atoms with Crippen LogP contribution in [0.4, 0.5) is 0 Å². The number of hydrogen-bond donors (Lipinski definition) is 0. The molecule has 0 saturated heterocycles. The van der Waals surface area contributed by atoms with Crippen LogP contribution >= 0.6 is 11.6 Å². The van der Waals surface area contributed by atoms with Gasteiger partial charge < -0.3 is 51.8 Å². The van der Waals surface area contributed by atoms with Crippen LogP contribution in [0.15, 0.2) is 0 Å². The van der Waals surface area contributed by atoms with Gasteiger partial charge in [0.2, 0.25) is 0 Å². The minimum absolute atomic E-state index is 0.500. The zero-order valence-electron chi connectivity index (χ0n) is 23.9. The fourth-order valence-corrected chi connectivity index (χ4v) is 3.35. The predicted octanol–water partition coefficient (Wildman–Crippen LogP) is 2.24. The molecule has 0 heterocycles. The van der Waals surface area contributed by atoms with E-state index in [-0.39, 0.29) is 0 Å². The Labute approximate surface area is 236 Å². The Hall–Kier alpha value is 0.0669. The minimum atomic E-state index is -1.44. The summed E-state index contributed by atoms with van der Waals surface area (Å²) in [6, 6.07) is 0. The summed E-state index contributed by atoms with van der Waals surface area (Å²) in [6.45, 7) is 17.9. The Morgan fingerprint density at radius 1 is 0.316 bits per heavy atom. The smallest absolute Gasteiger partial charge is 0.183 e. The molecule has 0 radical (unpaired) electrons. The first-order valence-corrected chi connectivity index (χ1v) is 17.5. The van der Waals surface area contributed by atoms with Gasteiger partial charge in [-0.25, -0.2) is 0 Å². The van der Waals surface area contributed by atoms with Gasteiger partial charge in [0.25, 0.3) is 0 Å². The lowest BCUT2D eigenvalue weighted by Gasteiger charge is -2.16. The van der Waals surface area contributed by atoms with Gasteiger partial charge in [0.15, 0.2) is 8.32 Å². The van der Waals surface area contributed by atoms with Crippen molar-refractivity contribution >= 4 is 19.9 Å². The van der Waals surface area contributed by atoms with E-state index < -0.39 is 8.32 Å². The third-order valence-corrected chi connectivity index (χ3v) is 5.56. The highest BCUT2D eigenvalue weighted by Gasteiger charge is 2.13. The third kappa shape index (κ3) is 36.1.